The summed E-state index contributed by atoms with van der Waals surface area (Å²) in [5, 5.41) is 13.3. The minimum Gasteiger partial charge on any atom is -0.477 e. The summed E-state index contributed by atoms with van der Waals surface area (Å²) in [6.45, 7) is 1.43. The van der Waals surface area contributed by atoms with E-state index in [4.69, 9.17) is 10.8 Å². The third kappa shape index (κ3) is 3.74. The summed E-state index contributed by atoms with van der Waals surface area (Å²) >= 11 is 0. The lowest BCUT2D eigenvalue weighted by Crippen LogP contribution is -2.44. The number of pyridine rings is 1. The minimum absolute atomic E-state index is 0.0815. The van der Waals surface area contributed by atoms with Gasteiger partial charge in [-0.15, -0.1) is 0 Å². The second-order valence-corrected chi connectivity index (χ2v) is 3.43. The Bertz CT molecular complexity index is 489. The van der Waals surface area contributed by atoms with Crippen molar-refractivity contribution in [3.05, 3.63) is 23.9 Å². The molecule has 96 valence electrons. The van der Waals surface area contributed by atoms with Crippen LogP contribution in [-0.2, 0) is 4.79 Å². The van der Waals surface area contributed by atoms with Crippen molar-refractivity contribution in [1.29, 1.82) is 0 Å². The van der Waals surface area contributed by atoms with Gasteiger partial charge in [0, 0.05) is 0 Å². The number of hydrogen-bond donors (Lipinski definition) is 4. The molecule has 1 aromatic rings. The van der Waals surface area contributed by atoms with Crippen molar-refractivity contribution in [2.75, 3.05) is 5.32 Å². The number of primary amides is 1. The third-order valence-corrected chi connectivity index (χ3v) is 1.97. The molecule has 0 aliphatic heterocycles. The number of hydrogen-bond acceptors (Lipinski definition) is 4. The predicted molar refractivity (Wildman–Crippen MR) is 62.0 cm³/mol. The highest BCUT2D eigenvalue weighted by Crippen LogP contribution is 2.05. The van der Waals surface area contributed by atoms with Crippen LogP contribution in [0.1, 0.15) is 17.4 Å². The molecule has 8 heteroatoms. The van der Waals surface area contributed by atoms with Crippen LogP contribution < -0.4 is 16.4 Å². The Kier molecular flexibility index (Phi) is 4.19. The molecule has 1 unspecified atom stereocenters. The summed E-state index contributed by atoms with van der Waals surface area (Å²) in [6, 6.07) is 2.49. The first-order valence-electron chi connectivity index (χ1n) is 4.97. The topological polar surface area (TPSA) is 134 Å². The van der Waals surface area contributed by atoms with Crippen molar-refractivity contribution in [3.63, 3.8) is 0 Å². The van der Waals surface area contributed by atoms with Crippen LogP contribution in [0.15, 0.2) is 18.2 Å². The summed E-state index contributed by atoms with van der Waals surface area (Å²) in [6.07, 6.45) is 0. The molecule has 1 rings (SSSR count). The molecule has 0 aliphatic rings. The van der Waals surface area contributed by atoms with E-state index in [0.717, 1.165) is 0 Å². The van der Waals surface area contributed by atoms with E-state index in [-0.39, 0.29) is 11.5 Å². The molecule has 0 saturated heterocycles. The van der Waals surface area contributed by atoms with E-state index >= 15 is 0 Å². The Morgan fingerprint density at radius 3 is 2.61 bits per heavy atom. The van der Waals surface area contributed by atoms with E-state index < -0.39 is 23.9 Å². The van der Waals surface area contributed by atoms with E-state index in [1.165, 1.54) is 25.1 Å². The zero-order valence-corrected chi connectivity index (χ0v) is 9.51. The lowest BCUT2D eigenvalue weighted by atomic mass is 10.3. The van der Waals surface area contributed by atoms with Gasteiger partial charge >= 0.3 is 12.0 Å². The predicted octanol–water partition coefficient (Wildman–Crippen LogP) is -0.225. The quantitative estimate of drug-likeness (QED) is 0.587. The molecule has 1 heterocycles. The van der Waals surface area contributed by atoms with Crippen molar-refractivity contribution < 1.29 is 19.5 Å². The first kappa shape index (κ1) is 13.4. The van der Waals surface area contributed by atoms with Crippen LogP contribution in [0.4, 0.5) is 10.6 Å². The van der Waals surface area contributed by atoms with Crippen molar-refractivity contribution >= 4 is 23.7 Å². The smallest absolute Gasteiger partial charge is 0.354 e. The third-order valence-electron chi connectivity index (χ3n) is 1.97. The summed E-state index contributed by atoms with van der Waals surface area (Å²) in [5.74, 6) is -1.67. The molecule has 1 aromatic heterocycles. The molecule has 8 nitrogen and oxygen atoms in total. The van der Waals surface area contributed by atoms with Crippen molar-refractivity contribution in [3.8, 4) is 0 Å². The van der Waals surface area contributed by atoms with Crippen LogP contribution in [0.25, 0.3) is 0 Å². The maximum atomic E-state index is 11.6. The Morgan fingerprint density at radius 1 is 1.39 bits per heavy atom. The lowest BCUT2D eigenvalue weighted by molar-refractivity contribution is -0.117. The van der Waals surface area contributed by atoms with Crippen LogP contribution in [0.2, 0.25) is 0 Å². The number of nitrogens with one attached hydrogen (secondary N) is 2. The molecular weight excluding hydrogens is 240 g/mol. The lowest BCUT2D eigenvalue weighted by Gasteiger charge is -2.12. The molecule has 0 saturated carbocycles. The molecule has 0 spiro atoms. The summed E-state index contributed by atoms with van der Waals surface area (Å²) in [7, 11) is 0. The van der Waals surface area contributed by atoms with Crippen LogP contribution >= 0.6 is 0 Å². The van der Waals surface area contributed by atoms with Gasteiger partial charge in [0.05, 0.1) is 0 Å². The number of urea groups is 1. The monoisotopic (exact) mass is 252 g/mol. The minimum atomic E-state index is -1.20. The van der Waals surface area contributed by atoms with E-state index in [9.17, 15) is 14.4 Å². The number of aromatic nitrogens is 1. The number of nitrogens with two attached hydrogens (primary N) is 1. The van der Waals surface area contributed by atoms with Gasteiger partial charge < -0.3 is 21.5 Å². The summed E-state index contributed by atoms with van der Waals surface area (Å²) in [4.78, 5) is 36.5. The maximum absolute atomic E-state index is 11.6. The zero-order valence-electron chi connectivity index (χ0n) is 9.51. The average Bonchev–Trinajstić information content (AvgIpc) is 2.28. The largest absolute Gasteiger partial charge is 0.477 e. The number of aromatic carboxylic acids is 1. The number of carboxylic acids is 1. The maximum Gasteiger partial charge on any atom is 0.354 e. The number of anilines is 1. The standard InChI is InChI=1S/C10H12N4O4/c1-5(12-10(11)18)8(15)14-7-4-2-3-6(13-7)9(16)17/h2-5H,1H3,(H,16,17)(H3,11,12,18)(H,13,14,15). The fraction of sp³-hybridized carbons (Fsp3) is 0.200. The van der Waals surface area contributed by atoms with Gasteiger partial charge in [0.1, 0.15) is 11.9 Å². The molecule has 0 aromatic carbocycles. The molecule has 1 atom stereocenters. The highest BCUT2D eigenvalue weighted by molar-refractivity contribution is 5.96. The van der Waals surface area contributed by atoms with Crippen LogP contribution in [0.3, 0.4) is 0 Å². The Hall–Kier alpha value is -2.64. The summed E-state index contributed by atoms with van der Waals surface area (Å²) < 4.78 is 0. The highest BCUT2D eigenvalue weighted by Gasteiger charge is 2.15. The van der Waals surface area contributed by atoms with Gasteiger partial charge in [0.15, 0.2) is 5.69 Å². The van der Waals surface area contributed by atoms with E-state index in [2.05, 4.69) is 15.6 Å². The van der Waals surface area contributed by atoms with Gasteiger partial charge in [-0.1, -0.05) is 6.07 Å². The first-order chi connectivity index (χ1) is 8.40. The molecule has 0 aliphatic carbocycles. The second-order valence-electron chi connectivity index (χ2n) is 3.43. The Morgan fingerprint density at radius 2 is 2.06 bits per heavy atom. The van der Waals surface area contributed by atoms with Crippen molar-refractivity contribution in [1.82, 2.24) is 10.3 Å². The van der Waals surface area contributed by atoms with E-state index in [1.807, 2.05) is 0 Å². The highest BCUT2D eigenvalue weighted by atomic mass is 16.4. The fourth-order valence-corrected chi connectivity index (χ4v) is 1.14. The first-order valence-corrected chi connectivity index (χ1v) is 4.97. The number of carboxylic acid groups (broad SMARTS) is 1. The number of carbonyl (C=O) groups excluding carboxylic acids is 2. The number of carbonyl (C=O) groups is 3. The number of nitrogens with zero attached hydrogens (tertiary/aromatic N) is 1. The van der Waals surface area contributed by atoms with Gasteiger partial charge in [0.25, 0.3) is 0 Å². The number of rotatable bonds is 4. The molecular formula is C10H12N4O4. The Labute approximate surface area is 102 Å². The van der Waals surface area contributed by atoms with E-state index in [0.29, 0.717) is 0 Å². The van der Waals surface area contributed by atoms with Crippen molar-refractivity contribution in [2.24, 2.45) is 5.73 Å². The average molecular weight is 252 g/mol. The van der Waals surface area contributed by atoms with Gasteiger partial charge in [-0.05, 0) is 19.1 Å². The SMILES string of the molecule is CC(NC(N)=O)C(=O)Nc1cccc(C(=O)O)n1. The number of amides is 3. The van der Waals surface area contributed by atoms with Gasteiger partial charge in [0.2, 0.25) is 5.91 Å². The normalized spacial score (nSPS) is 11.4. The van der Waals surface area contributed by atoms with Crippen LogP contribution in [-0.4, -0.2) is 34.0 Å². The van der Waals surface area contributed by atoms with Crippen LogP contribution in [0, 0.1) is 0 Å². The van der Waals surface area contributed by atoms with Gasteiger partial charge in [-0.2, -0.15) is 0 Å². The fourth-order valence-electron chi connectivity index (χ4n) is 1.14. The summed E-state index contributed by atoms with van der Waals surface area (Å²) in [5.41, 5.74) is 4.67. The molecule has 0 fully saturated rings. The molecule has 0 bridgehead atoms. The molecule has 18 heavy (non-hydrogen) atoms. The van der Waals surface area contributed by atoms with Crippen LogP contribution in [0.5, 0.6) is 0 Å². The van der Waals surface area contributed by atoms with E-state index in [1.54, 1.807) is 0 Å². The molecule has 3 amide bonds. The molecule has 0 radical (unpaired) electrons. The second kappa shape index (κ2) is 5.62. The Balaban J connectivity index is 2.72. The zero-order chi connectivity index (χ0) is 13.7. The molecule has 5 N–H and O–H groups in total. The van der Waals surface area contributed by atoms with Crippen molar-refractivity contribution in [2.45, 2.75) is 13.0 Å². The van der Waals surface area contributed by atoms with Gasteiger partial charge in [-0.25, -0.2) is 14.6 Å². The van der Waals surface area contributed by atoms with Gasteiger partial charge in [-0.3, -0.25) is 4.79 Å².